The van der Waals surface area contributed by atoms with Gasteiger partial charge in [0.1, 0.15) is 0 Å². The fraction of sp³-hybridized carbons (Fsp3) is 0.471. The van der Waals surface area contributed by atoms with Crippen molar-refractivity contribution in [3.8, 4) is 0 Å². The first-order valence-electron chi connectivity index (χ1n) is 7.87. The lowest BCUT2D eigenvalue weighted by Gasteiger charge is -2.33. The van der Waals surface area contributed by atoms with Gasteiger partial charge in [0.2, 0.25) is 5.91 Å². The Balaban J connectivity index is 1.58. The molecule has 1 aromatic carbocycles. The van der Waals surface area contributed by atoms with Gasteiger partial charge in [-0.05, 0) is 30.7 Å². The molecule has 116 valence electrons. The molecule has 1 aromatic heterocycles. The predicted octanol–water partition coefficient (Wildman–Crippen LogP) is 1.84. The molecule has 0 N–H and O–H groups in total. The molecule has 2 aromatic rings. The number of hydrogen-bond acceptors (Lipinski definition) is 3. The Labute approximate surface area is 130 Å². The summed E-state index contributed by atoms with van der Waals surface area (Å²) in [5, 5.41) is 7.71. The summed E-state index contributed by atoms with van der Waals surface area (Å²) in [7, 11) is 1.82. The molecule has 0 bridgehead atoms. The van der Waals surface area contributed by atoms with Crippen molar-refractivity contribution < 1.29 is 4.79 Å². The lowest BCUT2D eigenvalue weighted by Crippen LogP contribution is -2.41. The van der Waals surface area contributed by atoms with Crippen molar-refractivity contribution in [2.24, 2.45) is 13.0 Å². The highest BCUT2D eigenvalue weighted by molar-refractivity contribution is 5.78. The van der Waals surface area contributed by atoms with E-state index in [4.69, 9.17) is 0 Å². The summed E-state index contributed by atoms with van der Waals surface area (Å²) >= 11 is 0. The molecule has 22 heavy (non-hydrogen) atoms. The summed E-state index contributed by atoms with van der Waals surface area (Å²) in [5.74, 6) is 0.743. The van der Waals surface area contributed by atoms with E-state index in [0.29, 0.717) is 12.3 Å². The Morgan fingerprint density at radius 2 is 2.14 bits per heavy atom. The van der Waals surface area contributed by atoms with E-state index >= 15 is 0 Å². The molecule has 1 saturated heterocycles. The van der Waals surface area contributed by atoms with Crippen LogP contribution in [-0.4, -0.2) is 38.9 Å². The molecule has 0 aliphatic carbocycles. The van der Waals surface area contributed by atoms with Gasteiger partial charge in [0.05, 0.1) is 18.3 Å². The second kappa shape index (κ2) is 6.73. The normalized spacial score (nSPS) is 18.4. The van der Waals surface area contributed by atoms with Crippen LogP contribution in [0.3, 0.4) is 0 Å². The number of aromatic nitrogens is 3. The molecular formula is C17H22N4O. The maximum Gasteiger partial charge on any atom is 0.228 e. The molecule has 0 saturated carbocycles. The van der Waals surface area contributed by atoms with Crippen molar-refractivity contribution in [2.75, 3.05) is 13.1 Å². The van der Waals surface area contributed by atoms with Gasteiger partial charge >= 0.3 is 0 Å². The number of carbonyl (C=O) groups excluding carboxylic acids is 1. The Morgan fingerprint density at radius 3 is 2.86 bits per heavy atom. The van der Waals surface area contributed by atoms with Gasteiger partial charge in [-0.15, -0.1) is 5.10 Å². The SMILES string of the molecule is Cn1nncc1CC(=O)N1CCCC(Cc2ccccc2)C1. The second-order valence-electron chi connectivity index (χ2n) is 6.06. The van der Waals surface area contributed by atoms with Crippen molar-refractivity contribution in [1.29, 1.82) is 0 Å². The Kier molecular flexibility index (Phi) is 4.51. The van der Waals surface area contributed by atoms with Crippen LogP contribution in [0.25, 0.3) is 0 Å². The van der Waals surface area contributed by atoms with E-state index in [1.165, 1.54) is 12.0 Å². The topological polar surface area (TPSA) is 51.0 Å². The monoisotopic (exact) mass is 298 g/mol. The highest BCUT2D eigenvalue weighted by Crippen LogP contribution is 2.21. The minimum absolute atomic E-state index is 0.183. The van der Waals surface area contributed by atoms with Crippen molar-refractivity contribution >= 4 is 5.91 Å². The van der Waals surface area contributed by atoms with Crippen LogP contribution in [0.1, 0.15) is 24.1 Å². The van der Waals surface area contributed by atoms with Gasteiger partial charge in [0, 0.05) is 20.1 Å². The highest BCUT2D eigenvalue weighted by atomic mass is 16.2. The highest BCUT2D eigenvalue weighted by Gasteiger charge is 2.24. The third kappa shape index (κ3) is 3.53. The zero-order valence-corrected chi connectivity index (χ0v) is 13.0. The second-order valence-corrected chi connectivity index (χ2v) is 6.06. The zero-order chi connectivity index (χ0) is 15.4. The van der Waals surface area contributed by atoms with Gasteiger partial charge in [0.15, 0.2) is 0 Å². The van der Waals surface area contributed by atoms with Gasteiger partial charge in [0.25, 0.3) is 0 Å². The molecule has 5 heteroatoms. The number of nitrogens with zero attached hydrogens (tertiary/aromatic N) is 4. The quantitative estimate of drug-likeness (QED) is 0.865. The molecule has 1 aliphatic rings. The minimum Gasteiger partial charge on any atom is -0.342 e. The molecule has 1 atom stereocenters. The van der Waals surface area contributed by atoms with Crippen LogP contribution in [0.2, 0.25) is 0 Å². The van der Waals surface area contributed by atoms with Gasteiger partial charge in [-0.3, -0.25) is 9.48 Å². The summed E-state index contributed by atoms with van der Waals surface area (Å²) in [5.41, 5.74) is 2.23. The lowest BCUT2D eigenvalue weighted by atomic mass is 9.91. The molecule has 1 amide bonds. The van der Waals surface area contributed by atoms with E-state index < -0.39 is 0 Å². The summed E-state index contributed by atoms with van der Waals surface area (Å²) in [6.07, 6.45) is 5.40. The van der Waals surface area contributed by atoms with E-state index in [1.54, 1.807) is 10.9 Å². The number of rotatable bonds is 4. The average molecular weight is 298 g/mol. The van der Waals surface area contributed by atoms with E-state index in [-0.39, 0.29) is 5.91 Å². The van der Waals surface area contributed by atoms with Crippen molar-refractivity contribution in [1.82, 2.24) is 19.9 Å². The van der Waals surface area contributed by atoms with Crippen LogP contribution < -0.4 is 0 Å². The number of aryl methyl sites for hydroxylation is 1. The lowest BCUT2D eigenvalue weighted by molar-refractivity contribution is -0.132. The number of hydrogen-bond donors (Lipinski definition) is 0. The number of carbonyl (C=O) groups is 1. The summed E-state index contributed by atoms with van der Waals surface area (Å²) in [6.45, 7) is 1.73. The molecule has 5 nitrogen and oxygen atoms in total. The van der Waals surface area contributed by atoms with Crippen LogP contribution >= 0.6 is 0 Å². The average Bonchev–Trinajstić information content (AvgIpc) is 2.94. The van der Waals surface area contributed by atoms with Crippen molar-refractivity contribution in [3.05, 3.63) is 47.8 Å². The number of amides is 1. The minimum atomic E-state index is 0.183. The van der Waals surface area contributed by atoms with E-state index in [0.717, 1.165) is 31.6 Å². The molecular weight excluding hydrogens is 276 g/mol. The fourth-order valence-corrected chi connectivity index (χ4v) is 3.14. The van der Waals surface area contributed by atoms with Gasteiger partial charge in [-0.1, -0.05) is 35.5 Å². The summed E-state index contributed by atoms with van der Waals surface area (Å²) in [4.78, 5) is 14.5. The van der Waals surface area contributed by atoms with Crippen LogP contribution in [0.4, 0.5) is 0 Å². The largest absolute Gasteiger partial charge is 0.342 e. The fourth-order valence-electron chi connectivity index (χ4n) is 3.14. The van der Waals surface area contributed by atoms with Crippen LogP contribution in [0, 0.1) is 5.92 Å². The van der Waals surface area contributed by atoms with Crippen LogP contribution in [0.5, 0.6) is 0 Å². The van der Waals surface area contributed by atoms with Gasteiger partial charge < -0.3 is 4.90 Å². The van der Waals surface area contributed by atoms with E-state index in [9.17, 15) is 4.79 Å². The first kappa shape index (κ1) is 14.8. The maximum absolute atomic E-state index is 12.5. The third-order valence-electron chi connectivity index (χ3n) is 4.38. The number of piperidine rings is 1. The van der Waals surface area contributed by atoms with Gasteiger partial charge in [-0.25, -0.2) is 0 Å². The Bertz CT molecular complexity index is 623. The van der Waals surface area contributed by atoms with Crippen LogP contribution in [-0.2, 0) is 24.7 Å². The van der Waals surface area contributed by atoms with Gasteiger partial charge in [-0.2, -0.15) is 0 Å². The maximum atomic E-state index is 12.5. The van der Waals surface area contributed by atoms with E-state index in [1.807, 2.05) is 18.0 Å². The Morgan fingerprint density at radius 1 is 1.32 bits per heavy atom. The summed E-state index contributed by atoms with van der Waals surface area (Å²) < 4.78 is 1.67. The van der Waals surface area contributed by atoms with Crippen molar-refractivity contribution in [2.45, 2.75) is 25.7 Å². The molecule has 1 unspecified atom stereocenters. The molecule has 1 aliphatic heterocycles. The smallest absolute Gasteiger partial charge is 0.228 e. The molecule has 0 spiro atoms. The molecule has 3 rings (SSSR count). The molecule has 1 fully saturated rings. The summed E-state index contributed by atoms with van der Waals surface area (Å²) in [6, 6.07) is 10.5. The first-order chi connectivity index (χ1) is 10.7. The standard InChI is InChI=1S/C17H22N4O/c1-20-16(12-18-19-20)11-17(22)21-9-5-8-15(13-21)10-14-6-3-2-4-7-14/h2-4,6-7,12,15H,5,8-11,13H2,1H3. The van der Waals surface area contributed by atoms with Crippen LogP contribution in [0.15, 0.2) is 36.5 Å². The van der Waals surface area contributed by atoms with E-state index in [2.05, 4.69) is 34.6 Å². The van der Waals surface area contributed by atoms with Crippen molar-refractivity contribution in [3.63, 3.8) is 0 Å². The first-order valence-corrected chi connectivity index (χ1v) is 7.87. The Hall–Kier alpha value is -2.17. The number of likely N-dealkylation sites (tertiary alicyclic amines) is 1. The zero-order valence-electron chi connectivity index (χ0n) is 13.0. The predicted molar refractivity (Wildman–Crippen MR) is 84.2 cm³/mol. The molecule has 0 radical (unpaired) electrons. The third-order valence-corrected chi connectivity index (χ3v) is 4.38. The number of benzene rings is 1. The molecule has 2 heterocycles.